The van der Waals surface area contributed by atoms with Crippen molar-refractivity contribution in [2.75, 3.05) is 13.2 Å². The molecule has 194 valence electrons. The summed E-state index contributed by atoms with van der Waals surface area (Å²) in [6.45, 7) is 7.76. The molecule has 1 fully saturated rings. The van der Waals surface area contributed by atoms with E-state index in [4.69, 9.17) is 9.47 Å². The highest BCUT2D eigenvalue weighted by Crippen LogP contribution is 2.32. The molecule has 1 aliphatic carbocycles. The molecule has 4 nitrogen and oxygen atoms in total. The first-order valence-corrected chi connectivity index (χ1v) is 14.4. The van der Waals surface area contributed by atoms with Gasteiger partial charge in [-0.15, -0.1) is 0 Å². The molecule has 0 aromatic heterocycles. The Balaban J connectivity index is 2.14. The quantitative estimate of drug-likeness (QED) is 0.133. The molecular formula is C29H54O4. The van der Waals surface area contributed by atoms with Crippen molar-refractivity contribution in [2.45, 2.75) is 143 Å². The van der Waals surface area contributed by atoms with Crippen LogP contribution in [0.25, 0.3) is 0 Å². The standard InChI is InChI=1S/C29H54O4/c1-4-5-6-7-8-9-10-13-18-23-32-28(30)26-21-16-17-22-27(26)29(31)33-24-19-14-11-12-15-20-25(2)3/h25-27H,4-24H2,1-3H3. The third-order valence-electron chi connectivity index (χ3n) is 7.03. The van der Waals surface area contributed by atoms with Gasteiger partial charge in [0.25, 0.3) is 0 Å². The van der Waals surface area contributed by atoms with E-state index in [0.29, 0.717) is 13.2 Å². The molecule has 4 heteroatoms. The molecule has 2 unspecified atom stereocenters. The van der Waals surface area contributed by atoms with Gasteiger partial charge in [-0.2, -0.15) is 0 Å². The minimum Gasteiger partial charge on any atom is -0.465 e. The van der Waals surface area contributed by atoms with Gasteiger partial charge in [-0.05, 0) is 31.6 Å². The smallest absolute Gasteiger partial charge is 0.309 e. The summed E-state index contributed by atoms with van der Waals surface area (Å²) in [7, 11) is 0. The van der Waals surface area contributed by atoms with Crippen molar-refractivity contribution in [1.82, 2.24) is 0 Å². The van der Waals surface area contributed by atoms with Crippen LogP contribution in [0, 0.1) is 17.8 Å². The molecule has 0 aromatic carbocycles. The van der Waals surface area contributed by atoms with Crippen LogP contribution in [0.2, 0.25) is 0 Å². The SMILES string of the molecule is CCCCCCCCCCCOC(=O)C1CCCCC1C(=O)OCCCCCCCC(C)C. The molecule has 33 heavy (non-hydrogen) atoms. The molecule has 0 saturated heterocycles. The third-order valence-corrected chi connectivity index (χ3v) is 7.03. The fourth-order valence-electron chi connectivity index (χ4n) is 4.85. The van der Waals surface area contributed by atoms with Gasteiger partial charge in [0.2, 0.25) is 0 Å². The summed E-state index contributed by atoms with van der Waals surface area (Å²) in [6.07, 6.45) is 21.8. The van der Waals surface area contributed by atoms with Gasteiger partial charge in [-0.25, -0.2) is 0 Å². The Morgan fingerprint density at radius 2 is 1.03 bits per heavy atom. The van der Waals surface area contributed by atoms with Crippen molar-refractivity contribution in [1.29, 1.82) is 0 Å². The summed E-state index contributed by atoms with van der Waals surface area (Å²) in [5.74, 6) is -0.187. The third kappa shape index (κ3) is 15.5. The van der Waals surface area contributed by atoms with Crippen LogP contribution < -0.4 is 0 Å². The number of rotatable bonds is 20. The molecule has 2 atom stereocenters. The summed E-state index contributed by atoms with van der Waals surface area (Å²) >= 11 is 0. The highest BCUT2D eigenvalue weighted by Gasteiger charge is 2.37. The molecule has 0 N–H and O–H groups in total. The number of carbonyl (C=O) groups excluding carboxylic acids is 2. The molecule has 1 rings (SSSR count). The van der Waals surface area contributed by atoms with E-state index in [1.165, 1.54) is 70.6 Å². The molecule has 0 radical (unpaired) electrons. The highest BCUT2D eigenvalue weighted by atomic mass is 16.5. The van der Waals surface area contributed by atoms with Gasteiger partial charge >= 0.3 is 11.9 Å². The largest absolute Gasteiger partial charge is 0.465 e. The van der Waals surface area contributed by atoms with E-state index in [-0.39, 0.29) is 23.8 Å². The molecule has 0 spiro atoms. The van der Waals surface area contributed by atoms with Crippen molar-refractivity contribution >= 4 is 11.9 Å². The summed E-state index contributed by atoms with van der Waals surface area (Å²) < 4.78 is 11.1. The Bertz CT molecular complexity index is 488. The Morgan fingerprint density at radius 1 is 0.636 bits per heavy atom. The van der Waals surface area contributed by atoms with Gasteiger partial charge in [0.1, 0.15) is 0 Å². The second-order valence-electron chi connectivity index (χ2n) is 10.6. The van der Waals surface area contributed by atoms with E-state index in [1.54, 1.807) is 0 Å². The van der Waals surface area contributed by atoms with Crippen molar-refractivity contribution in [3.8, 4) is 0 Å². The van der Waals surface area contributed by atoms with Crippen LogP contribution in [-0.2, 0) is 19.1 Å². The lowest BCUT2D eigenvalue weighted by Crippen LogP contribution is -2.35. The van der Waals surface area contributed by atoms with E-state index < -0.39 is 0 Å². The zero-order chi connectivity index (χ0) is 24.2. The number of carbonyl (C=O) groups is 2. The number of hydrogen-bond donors (Lipinski definition) is 0. The maximum absolute atomic E-state index is 12.6. The minimum absolute atomic E-state index is 0.179. The van der Waals surface area contributed by atoms with Crippen LogP contribution in [0.1, 0.15) is 143 Å². The molecule has 1 aliphatic rings. The van der Waals surface area contributed by atoms with Gasteiger partial charge in [-0.3, -0.25) is 9.59 Å². The maximum atomic E-state index is 12.6. The fourth-order valence-corrected chi connectivity index (χ4v) is 4.85. The topological polar surface area (TPSA) is 52.6 Å². The predicted octanol–water partition coefficient (Wildman–Crippen LogP) is 8.41. The summed E-state index contributed by atoms with van der Waals surface area (Å²) in [6, 6.07) is 0. The van der Waals surface area contributed by atoms with Gasteiger partial charge in [0, 0.05) is 0 Å². The van der Waals surface area contributed by atoms with E-state index in [0.717, 1.165) is 57.3 Å². The Hall–Kier alpha value is -1.06. The number of esters is 2. The van der Waals surface area contributed by atoms with Crippen LogP contribution in [0.5, 0.6) is 0 Å². The lowest BCUT2D eigenvalue weighted by molar-refractivity contribution is -0.163. The van der Waals surface area contributed by atoms with E-state index >= 15 is 0 Å². The van der Waals surface area contributed by atoms with Crippen LogP contribution in [0.4, 0.5) is 0 Å². The fraction of sp³-hybridized carbons (Fsp3) is 0.931. The van der Waals surface area contributed by atoms with Crippen molar-refractivity contribution in [2.24, 2.45) is 17.8 Å². The molecule has 0 aliphatic heterocycles. The monoisotopic (exact) mass is 466 g/mol. The second-order valence-corrected chi connectivity index (χ2v) is 10.6. The van der Waals surface area contributed by atoms with Gasteiger partial charge in [0.05, 0.1) is 25.0 Å². The number of unbranched alkanes of at least 4 members (excludes halogenated alkanes) is 12. The average molecular weight is 467 g/mol. The van der Waals surface area contributed by atoms with Crippen LogP contribution in [-0.4, -0.2) is 25.2 Å². The van der Waals surface area contributed by atoms with Gasteiger partial charge in [-0.1, -0.05) is 117 Å². The summed E-state index contributed by atoms with van der Waals surface area (Å²) in [5, 5.41) is 0. The van der Waals surface area contributed by atoms with E-state index in [1.807, 2.05) is 0 Å². The number of hydrogen-bond acceptors (Lipinski definition) is 4. The first-order valence-electron chi connectivity index (χ1n) is 14.4. The Labute approximate surface area is 205 Å². The zero-order valence-corrected chi connectivity index (χ0v) is 22.2. The van der Waals surface area contributed by atoms with Crippen LogP contribution in [0.15, 0.2) is 0 Å². The normalized spacial score (nSPS) is 18.4. The van der Waals surface area contributed by atoms with E-state index in [2.05, 4.69) is 20.8 Å². The van der Waals surface area contributed by atoms with Crippen molar-refractivity contribution in [3.05, 3.63) is 0 Å². The average Bonchev–Trinajstić information content (AvgIpc) is 2.81. The molecule has 0 bridgehead atoms. The number of ether oxygens (including phenoxy) is 2. The molecule has 0 aromatic rings. The molecule has 1 saturated carbocycles. The highest BCUT2D eigenvalue weighted by molar-refractivity contribution is 5.82. The van der Waals surface area contributed by atoms with Gasteiger partial charge < -0.3 is 9.47 Å². The zero-order valence-electron chi connectivity index (χ0n) is 22.2. The molecule has 0 amide bonds. The minimum atomic E-state index is -0.305. The van der Waals surface area contributed by atoms with Crippen molar-refractivity contribution in [3.63, 3.8) is 0 Å². The van der Waals surface area contributed by atoms with E-state index in [9.17, 15) is 9.59 Å². The summed E-state index contributed by atoms with van der Waals surface area (Å²) in [5.41, 5.74) is 0. The maximum Gasteiger partial charge on any atom is 0.309 e. The molecular weight excluding hydrogens is 412 g/mol. The van der Waals surface area contributed by atoms with Crippen LogP contribution in [0.3, 0.4) is 0 Å². The Morgan fingerprint density at radius 3 is 1.45 bits per heavy atom. The van der Waals surface area contributed by atoms with Gasteiger partial charge in [0.15, 0.2) is 0 Å². The first kappa shape index (κ1) is 30.0. The van der Waals surface area contributed by atoms with Crippen molar-refractivity contribution < 1.29 is 19.1 Å². The van der Waals surface area contributed by atoms with Crippen LogP contribution >= 0.6 is 0 Å². The lowest BCUT2D eigenvalue weighted by Gasteiger charge is -2.28. The Kier molecular flexibility index (Phi) is 18.5. The molecule has 0 heterocycles. The lowest BCUT2D eigenvalue weighted by atomic mass is 9.79. The predicted molar refractivity (Wildman–Crippen MR) is 137 cm³/mol. The second kappa shape index (κ2) is 20.3. The first-order chi connectivity index (χ1) is 16.1. The summed E-state index contributed by atoms with van der Waals surface area (Å²) in [4.78, 5) is 25.3.